The Balaban J connectivity index is 1.26. The van der Waals surface area contributed by atoms with Crippen molar-refractivity contribution >= 4 is 17.4 Å². The predicted molar refractivity (Wildman–Crippen MR) is 173 cm³/mol. The van der Waals surface area contributed by atoms with Gasteiger partial charge in [-0.3, -0.25) is 9.36 Å². The van der Waals surface area contributed by atoms with Crippen LogP contribution in [-0.2, 0) is 36.5 Å². The number of hydrogen-bond donors (Lipinski definition) is 1. The lowest BCUT2D eigenvalue weighted by molar-refractivity contribution is 0.112. The SMILES string of the molecule is O=C(NC12CCC(CC1)Cn1c2nc(-c2ncc(Cc3ccc(F)cc3)s2)c(OCc2ccccc2)c1=O)OCc1ccccc1. The van der Waals surface area contributed by atoms with Gasteiger partial charge >= 0.3 is 6.09 Å². The highest BCUT2D eigenvalue weighted by Gasteiger charge is 2.46. The summed E-state index contributed by atoms with van der Waals surface area (Å²) in [5.74, 6) is 0.639. The number of hydrogen-bond acceptors (Lipinski definition) is 7. The van der Waals surface area contributed by atoms with Gasteiger partial charge in [0.2, 0.25) is 5.75 Å². The van der Waals surface area contributed by atoms with Crippen LogP contribution in [0.4, 0.5) is 9.18 Å². The van der Waals surface area contributed by atoms with Crippen molar-refractivity contribution in [3.05, 3.63) is 135 Å². The highest BCUT2D eigenvalue weighted by molar-refractivity contribution is 7.15. The maximum absolute atomic E-state index is 14.4. The molecule has 8 rings (SSSR count). The molecule has 3 aliphatic rings. The van der Waals surface area contributed by atoms with Crippen LogP contribution in [0.2, 0.25) is 0 Å². The van der Waals surface area contributed by atoms with Crippen molar-refractivity contribution in [1.82, 2.24) is 19.9 Å². The van der Waals surface area contributed by atoms with E-state index in [9.17, 15) is 14.0 Å². The molecule has 5 aromatic rings. The first-order valence-electron chi connectivity index (χ1n) is 15.5. The highest BCUT2D eigenvalue weighted by Crippen LogP contribution is 2.44. The van der Waals surface area contributed by atoms with E-state index in [1.807, 2.05) is 60.7 Å². The Bertz CT molecular complexity index is 1890. The molecule has 0 unspecified atom stereocenters. The largest absolute Gasteiger partial charge is 0.481 e. The molecule has 46 heavy (non-hydrogen) atoms. The Kier molecular flexibility index (Phi) is 8.36. The molecule has 0 atom stereocenters. The predicted octanol–water partition coefficient (Wildman–Crippen LogP) is 7.00. The van der Waals surface area contributed by atoms with Crippen LogP contribution in [0.15, 0.2) is 95.9 Å². The van der Waals surface area contributed by atoms with Gasteiger partial charge in [0.05, 0.1) is 0 Å². The van der Waals surface area contributed by atoms with E-state index in [0.717, 1.165) is 34.4 Å². The highest BCUT2D eigenvalue weighted by atomic mass is 32.1. The fraction of sp³-hybridized carbons (Fsp3) is 0.278. The number of nitrogens with zero attached hydrogens (tertiary/aromatic N) is 3. The molecule has 4 heterocycles. The molecule has 1 saturated carbocycles. The molecule has 1 amide bonds. The average Bonchev–Trinajstić information content (AvgIpc) is 3.42. The quantitative estimate of drug-likeness (QED) is 0.187. The molecule has 1 N–H and O–H groups in total. The third-order valence-electron chi connectivity index (χ3n) is 8.78. The van der Waals surface area contributed by atoms with Gasteiger partial charge in [0, 0.05) is 24.0 Å². The van der Waals surface area contributed by atoms with Gasteiger partial charge in [-0.1, -0.05) is 72.8 Å². The smallest absolute Gasteiger partial charge is 0.408 e. The number of benzene rings is 3. The Morgan fingerprint density at radius 1 is 0.935 bits per heavy atom. The topological polar surface area (TPSA) is 95.3 Å². The van der Waals surface area contributed by atoms with E-state index in [1.165, 1.54) is 23.5 Å². The van der Waals surface area contributed by atoms with E-state index in [2.05, 4.69) is 10.3 Å². The van der Waals surface area contributed by atoms with Gasteiger partial charge in [-0.15, -0.1) is 11.3 Å². The second kappa shape index (κ2) is 12.9. The lowest BCUT2D eigenvalue weighted by atomic mass is 9.77. The van der Waals surface area contributed by atoms with Crippen molar-refractivity contribution < 1.29 is 18.7 Å². The minimum atomic E-state index is -0.874. The van der Waals surface area contributed by atoms with Crippen molar-refractivity contribution in [2.24, 2.45) is 5.92 Å². The number of aromatic nitrogens is 3. The summed E-state index contributed by atoms with van der Waals surface area (Å²) in [4.78, 5) is 38.4. The van der Waals surface area contributed by atoms with E-state index in [0.29, 0.717) is 42.3 Å². The van der Waals surface area contributed by atoms with E-state index in [1.54, 1.807) is 22.9 Å². The van der Waals surface area contributed by atoms with Gasteiger partial charge < -0.3 is 14.8 Å². The number of halogens is 1. The van der Waals surface area contributed by atoms with Crippen LogP contribution >= 0.6 is 11.3 Å². The summed E-state index contributed by atoms with van der Waals surface area (Å²) < 4.78 is 27.1. The summed E-state index contributed by atoms with van der Waals surface area (Å²) in [6, 6.07) is 25.6. The summed E-state index contributed by atoms with van der Waals surface area (Å²) in [5.41, 5.74) is 1.94. The molecule has 2 bridgehead atoms. The average molecular weight is 637 g/mol. The van der Waals surface area contributed by atoms with Crippen molar-refractivity contribution in [2.45, 2.75) is 57.4 Å². The Labute approximate surface area is 269 Å². The molecular formula is C36H33FN4O4S. The molecule has 0 spiro atoms. The zero-order chi connectivity index (χ0) is 31.5. The van der Waals surface area contributed by atoms with E-state index >= 15 is 0 Å². The van der Waals surface area contributed by atoms with Gasteiger partial charge in [-0.2, -0.15) is 0 Å². The number of alkyl carbamates (subject to hydrolysis) is 1. The van der Waals surface area contributed by atoms with Crippen molar-refractivity contribution in [2.75, 3.05) is 0 Å². The Morgan fingerprint density at radius 3 is 2.30 bits per heavy atom. The number of ether oxygens (including phenoxy) is 2. The van der Waals surface area contributed by atoms with Crippen LogP contribution < -0.4 is 15.6 Å². The second-order valence-electron chi connectivity index (χ2n) is 12.0. The number of fused-ring (bicyclic) bond motifs is 2. The van der Waals surface area contributed by atoms with Crippen LogP contribution in [0.5, 0.6) is 5.75 Å². The monoisotopic (exact) mass is 636 g/mol. The fourth-order valence-electron chi connectivity index (χ4n) is 6.35. The van der Waals surface area contributed by atoms with Gasteiger partial charge in [-0.25, -0.2) is 19.2 Å². The van der Waals surface area contributed by atoms with Crippen LogP contribution in [0.3, 0.4) is 0 Å². The third-order valence-corrected chi connectivity index (χ3v) is 9.79. The third kappa shape index (κ3) is 6.30. The summed E-state index contributed by atoms with van der Waals surface area (Å²) >= 11 is 1.42. The maximum atomic E-state index is 14.4. The Hall–Kier alpha value is -4.83. The molecule has 3 aromatic carbocycles. The van der Waals surface area contributed by atoms with Crippen molar-refractivity contribution in [3.8, 4) is 16.5 Å². The number of rotatable bonds is 9. The summed E-state index contributed by atoms with van der Waals surface area (Å²) in [6.07, 6.45) is 4.74. The minimum Gasteiger partial charge on any atom is -0.481 e. The number of nitrogens with one attached hydrogen (secondary N) is 1. The van der Waals surface area contributed by atoms with Crippen LogP contribution in [0, 0.1) is 11.7 Å². The second-order valence-corrected chi connectivity index (χ2v) is 13.1. The van der Waals surface area contributed by atoms with E-state index in [-0.39, 0.29) is 36.3 Å². The number of carbonyl (C=O) groups is 1. The zero-order valence-electron chi connectivity index (χ0n) is 25.2. The fourth-order valence-corrected chi connectivity index (χ4v) is 7.28. The lowest BCUT2D eigenvalue weighted by Gasteiger charge is -2.36. The first kappa shape index (κ1) is 29.9. The molecule has 1 fully saturated rings. The summed E-state index contributed by atoms with van der Waals surface area (Å²) in [7, 11) is 0. The van der Waals surface area contributed by atoms with Gasteiger partial charge in [0.1, 0.15) is 41.1 Å². The molecule has 1 aliphatic carbocycles. The molecule has 10 heteroatoms. The molecule has 8 nitrogen and oxygen atoms in total. The van der Waals surface area contributed by atoms with Crippen LogP contribution in [-0.4, -0.2) is 20.6 Å². The molecule has 234 valence electrons. The van der Waals surface area contributed by atoms with Gasteiger partial charge in [0.25, 0.3) is 5.56 Å². The Morgan fingerprint density at radius 2 is 1.61 bits per heavy atom. The van der Waals surface area contributed by atoms with Crippen molar-refractivity contribution in [3.63, 3.8) is 0 Å². The lowest BCUT2D eigenvalue weighted by Crippen LogP contribution is -2.49. The first-order valence-corrected chi connectivity index (χ1v) is 16.3. The number of thiazole rings is 1. The van der Waals surface area contributed by atoms with E-state index in [4.69, 9.17) is 14.5 Å². The molecule has 2 aliphatic heterocycles. The van der Waals surface area contributed by atoms with E-state index < -0.39 is 11.6 Å². The normalized spacial score (nSPS) is 18.4. The summed E-state index contributed by atoms with van der Waals surface area (Å²) in [6.45, 7) is 0.828. The number of carbonyl (C=O) groups excluding carboxylic acids is 1. The van der Waals surface area contributed by atoms with Crippen LogP contribution in [0.25, 0.3) is 10.7 Å². The molecule has 2 aromatic heterocycles. The van der Waals surface area contributed by atoms with Crippen molar-refractivity contribution in [1.29, 1.82) is 0 Å². The molecule has 0 saturated heterocycles. The minimum absolute atomic E-state index is 0.137. The van der Waals surface area contributed by atoms with Crippen LogP contribution in [0.1, 0.15) is 53.1 Å². The van der Waals surface area contributed by atoms with Gasteiger partial charge in [-0.05, 0) is 60.4 Å². The number of amides is 1. The summed E-state index contributed by atoms with van der Waals surface area (Å²) in [5, 5.41) is 3.68. The standard InChI is InChI=1S/C36H33FN4O4S/c37-28-13-11-24(12-14-28)19-29-20-38-32(46-29)30-31(44-22-26-7-3-1-4-8-26)33(42)41-21-25-15-17-36(18-16-25,34(41)39-30)40-35(43)45-23-27-9-5-2-6-10-27/h1-14,20,25H,15-19,21-23H2,(H,40,43). The maximum Gasteiger partial charge on any atom is 0.408 e. The van der Waals surface area contributed by atoms with Gasteiger partial charge in [0.15, 0.2) is 0 Å². The molecule has 0 radical (unpaired) electrons. The zero-order valence-corrected chi connectivity index (χ0v) is 26.0. The molecular weight excluding hydrogens is 603 g/mol. The first-order chi connectivity index (χ1) is 22.5.